The van der Waals surface area contributed by atoms with Crippen molar-refractivity contribution in [1.82, 2.24) is 0 Å². The molecular formula is H4N2O5. The van der Waals surface area contributed by atoms with Crippen molar-refractivity contribution in [1.29, 1.82) is 0 Å². The lowest BCUT2D eigenvalue weighted by Gasteiger charge is -1.32. The smallest absolute Gasteiger partial charge is 0.152 e. The van der Waals surface area contributed by atoms with E-state index in [0.717, 1.165) is 0 Å². The molecule has 7 nitrogen and oxygen atoms in total. The maximum Gasteiger partial charge on any atom is 0.152 e. The van der Waals surface area contributed by atoms with Gasteiger partial charge in [0.05, 0.1) is 0 Å². The van der Waals surface area contributed by atoms with E-state index in [4.69, 9.17) is 20.2 Å². The van der Waals surface area contributed by atoms with Crippen LogP contribution in [0.2, 0.25) is 0 Å². The monoisotopic (exact) mass is 112 g/mol. The number of rotatable bonds is 0. The summed E-state index contributed by atoms with van der Waals surface area (Å²) in [6.45, 7) is 0. The van der Waals surface area contributed by atoms with Crippen molar-refractivity contribution in [3.05, 3.63) is 9.81 Å². The van der Waals surface area contributed by atoms with Crippen LogP contribution in [0.5, 0.6) is 0 Å². The first kappa shape index (κ1) is 17.1. The third-order valence-corrected chi connectivity index (χ3v) is 0. The van der Waals surface area contributed by atoms with E-state index in [1.54, 1.807) is 0 Å². The van der Waals surface area contributed by atoms with Gasteiger partial charge in [0.25, 0.3) is 0 Å². The van der Waals surface area contributed by atoms with Crippen LogP contribution in [0.4, 0.5) is 0 Å². The van der Waals surface area contributed by atoms with Crippen molar-refractivity contribution in [2.75, 3.05) is 0 Å². The lowest BCUT2D eigenvalue weighted by atomic mass is 13.4. The Bertz CT molecular complexity index is 27.1. The molecule has 0 heterocycles. The highest BCUT2D eigenvalue weighted by Crippen LogP contribution is 1.25. The van der Waals surface area contributed by atoms with Gasteiger partial charge in [-0.3, -0.25) is 0 Å². The van der Waals surface area contributed by atoms with Crippen molar-refractivity contribution < 1.29 is 15.9 Å². The fourth-order valence-electron chi connectivity index (χ4n) is 0. The summed E-state index contributed by atoms with van der Waals surface area (Å²) in [6.07, 6.45) is 0. The Hall–Kier alpha value is -1.24. The molecule has 0 saturated heterocycles. The minimum Gasteiger partial charge on any atom is -0.412 e. The highest BCUT2D eigenvalue weighted by Gasteiger charge is 1.18. The van der Waals surface area contributed by atoms with Gasteiger partial charge in [-0.15, -0.1) is 9.81 Å². The second-order valence-corrected chi connectivity index (χ2v) is 0.163. The average molecular weight is 112 g/mol. The molecular weight excluding hydrogens is 108 g/mol. The zero-order chi connectivity index (χ0) is 5.41. The second kappa shape index (κ2) is 117. The highest BCUT2D eigenvalue weighted by molar-refractivity contribution is 3.84. The first-order valence-corrected chi connectivity index (χ1v) is 0.765. The van der Waals surface area contributed by atoms with Gasteiger partial charge in [0.1, 0.15) is 0 Å². The molecule has 0 amide bonds. The van der Waals surface area contributed by atoms with Gasteiger partial charge in [0.2, 0.25) is 0 Å². The van der Waals surface area contributed by atoms with E-state index in [1.807, 2.05) is 0 Å². The first-order valence-electron chi connectivity index (χ1n) is 0.765. The molecule has 7 heteroatoms. The van der Waals surface area contributed by atoms with Gasteiger partial charge in [-0.1, -0.05) is 0 Å². The Morgan fingerprint density at radius 1 is 1.00 bits per heavy atom. The Balaban J connectivity index is -0.0000000400. The van der Waals surface area contributed by atoms with Crippen LogP contribution in [0.3, 0.4) is 0 Å². The van der Waals surface area contributed by atoms with Crippen molar-refractivity contribution in [3.63, 3.8) is 0 Å². The van der Waals surface area contributed by atoms with Gasteiger partial charge in [-0.2, -0.15) is 0 Å². The van der Waals surface area contributed by atoms with Crippen molar-refractivity contribution >= 4 is 0 Å². The summed E-state index contributed by atoms with van der Waals surface area (Å²) in [5, 5.41) is 15.8. The van der Waals surface area contributed by atoms with E-state index >= 15 is 0 Å². The number of nitrogens with zero attached hydrogens (tertiary/aromatic N) is 2. The maximum absolute atomic E-state index is 8.11. The minimum atomic E-state index is 0. The van der Waals surface area contributed by atoms with Crippen LogP contribution in [0.1, 0.15) is 0 Å². The van der Waals surface area contributed by atoms with E-state index in [0.29, 0.717) is 0 Å². The molecule has 0 aliphatic carbocycles. The molecule has 0 saturated carbocycles. The minimum absolute atomic E-state index is 0. The predicted molar refractivity (Wildman–Crippen MR) is 18.8 cm³/mol. The van der Waals surface area contributed by atoms with E-state index in [-0.39, 0.29) is 5.48 Å². The van der Waals surface area contributed by atoms with Gasteiger partial charge in [0.15, 0.2) is 10.7 Å². The number of hydrogen-bond acceptors (Lipinski definition) is 4. The Morgan fingerprint density at radius 3 is 1.00 bits per heavy atom. The molecule has 0 bridgehead atoms. The summed E-state index contributed by atoms with van der Waals surface area (Å²) in [4.78, 5) is 16.2. The van der Waals surface area contributed by atoms with Crippen LogP contribution in [-0.2, 0) is 0 Å². The average Bonchev–Trinajstić information content (AvgIpc) is 1.39. The first-order chi connectivity index (χ1) is 2.83. The van der Waals surface area contributed by atoms with Gasteiger partial charge < -0.3 is 15.9 Å². The molecule has 0 aliphatic rings. The zero-order valence-corrected chi connectivity index (χ0v) is 3.11. The van der Waals surface area contributed by atoms with Crippen LogP contribution in [0.25, 0.3) is 0 Å². The third-order valence-electron chi connectivity index (χ3n) is 0. The largest absolute Gasteiger partial charge is 0.412 e. The molecule has 0 aromatic carbocycles. The molecule has 0 atom stereocenters. The van der Waals surface area contributed by atoms with E-state index in [2.05, 4.69) is 0 Å². The van der Waals surface area contributed by atoms with Crippen LogP contribution in [0, 0.1) is 9.81 Å². The Labute approximate surface area is 37.7 Å². The molecule has 0 spiro atoms. The molecule has 4 N–H and O–H groups in total. The summed E-state index contributed by atoms with van der Waals surface area (Å²) >= 11 is 0. The molecule has 0 aromatic rings. The SMILES string of the molecule is O.O=NO.O=NO. The molecule has 0 rings (SSSR count). The summed E-state index contributed by atoms with van der Waals surface area (Å²) in [6, 6.07) is 0. The highest BCUT2D eigenvalue weighted by atomic mass is 16.6. The van der Waals surface area contributed by atoms with E-state index in [1.165, 1.54) is 10.7 Å². The molecule has 0 radical (unpaired) electrons. The third kappa shape index (κ3) is 23.6. The summed E-state index contributed by atoms with van der Waals surface area (Å²) in [7, 11) is 0. The fraction of sp³-hybridized carbons (Fsp3) is 0. The van der Waals surface area contributed by atoms with E-state index in [9.17, 15) is 0 Å². The Kier molecular flexibility index (Phi) is 285. The zero-order valence-electron chi connectivity index (χ0n) is 3.11. The summed E-state index contributed by atoms with van der Waals surface area (Å²) < 4.78 is 0. The van der Waals surface area contributed by atoms with Crippen molar-refractivity contribution in [3.8, 4) is 0 Å². The predicted octanol–water partition coefficient (Wildman–Crippen LogP) is -0.541. The molecule has 0 aliphatic heterocycles. The van der Waals surface area contributed by atoms with Gasteiger partial charge in [0, 0.05) is 0 Å². The topological polar surface area (TPSA) is 131 Å². The summed E-state index contributed by atoms with van der Waals surface area (Å²) in [5.41, 5.74) is 0. The summed E-state index contributed by atoms with van der Waals surface area (Å²) in [5.74, 6) is 0. The quantitative estimate of drug-likeness (QED) is 0.321. The molecule has 0 unspecified atom stereocenters. The van der Waals surface area contributed by atoms with Gasteiger partial charge in [-0.05, 0) is 0 Å². The fourth-order valence-corrected chi connectivity index (χ4v) is 0. The van der Waals surface area contributed by atoms with Gasteiger partial charge >= 0.3 is 0 Å². The van der Waals surface area contributed by atoms with Crippen LogP contribution in [-0.4, -0.2) is 15.9 Å². The van der Waals surface area contributed by atoms with Crippen LogP contribution >= 0.6 is 0 Å². The molecule has 44 valence electrons. The molecule has 0 fully saturated rings. The van der Waals surface area contributed by atoms with Crippen molar-refractivity contribution in [2.45, 2.75) is 0 Å². The van der Waals surface area contributed by atoms with Crippen molar-refractivity contribution in [2.24, 2.45) is 10.7 Å². The van der Waals surface area contributed by atoms with Crippen LogP contribution in [0.15, 0.2) is 10.7 Å². The molecule has 7 heavy (non-hydrogen) atoms. The normalized spacial score (nSPS) is 3.43. The Morgan fingerprint density at radius 2 is 1.00 bits per heavy atom. The molecule has 0 aromatic heterocycles. The lowest BCUT2D eigenvalue weighted by molar-refractivity contribution is 0.312. The number of hydrogen-bond donors (Lipinski definition) is 2. The van der Waals surface area contributed by atoms with E-state index < -0.39 is 0 Å². The maximum atomic E-state index is 8.11. The lowest BCUT2D eigenvalue weighted by Crippen LogP contribution is -1.25. The standard InChI is InChI=1S/2HNO2.H2O/c2*2-1-3;/h2*(H,2,3);1H2. The van der Waals surface area contributed by atoms with Crippen LogP contribution < -0.4 is 0 Å². The van der Waals surface area contributed by atoms with Gasteiger partial charge in [-0.25, -0.2) is 0 Å². The second-order valence-electron chi connectivity index (χ2n) is 0.163.